The first-order valence-electron chi connectivity index (χ1n) is 5.48. The molecular weight excluding hydrogens is 241 g/mol. The number of nitrogens with one attached hydrogen (secondary N) is 1. The second-order valence-corrected chi connectivity index (χ2v) is 4.70. The largest absolute Gasteiger partial charge is 0.480 e. The number of halogens is 1. The summed E-state index contributed by atoms with van der Waals surface area (Å²) in [6.45, 7) is 2.67. The number of hydrogen-bond acceptors (Lipinski definition) is 3. The predicted octanol–water partition coefficient (Wildman–Crippen LogP) is 2.37. The molecule has 17 heavy (non-hydrogen) atoms. The third kappa shape index (κ3) is 5.19. The van der Waals surface area contributed by atoms with Crippen molar-refractivity contribution < 1.29 is 14.3 Å². The maximum absolute atomic E-state index is 12.7. The Balaban J connectivity index is 2.45. The Bertz CT molecular complexity index is 356. The number of carboxylic acid groups (broad SMARTS) is 1. The van der Waals surface area contributed by atoms with Gasteiger partial charge in [-0.25, -0.2) is 4.39 Å². The van der Waals surface area contributed by atoms with Crippen molar-refractivity contribution in [3.05, 3.63) is 30.1 Å². The molecule has 94 valence electrons. The Kier molecular flexibility index (Phi) is 6.00. The van der Waals surface area contributed by atoms with Gasteiger partial charge in [-0.2, -0.15) is 0 Å². The van der Waals surface area contributed by atoms with Crippen LogP contribution in [0.1, 0.15) is 13.3 Å². The van der Waals surface area contributed by atoms with Crippen LogP contribution in [-0.4, -0.2) is 29.4 Å². The fourth-order valence-corrected chi connectivity index (χ4v) is 2.19. The molecule has 0 aromatic heterocycles. The van der Waals surface area contributed by atoms with E-state index < -0.39 is 12.0 Å². The van der Waals surface area contributed by atoms with Crippen molar-refractivity contribution in [2.45, 2.75) is 24.3 Å². The van der Waals surface area contributed by atoms with Crippen LogP contribution in [-0.2, 0) is 4.79 Å². The topological polar surface area (TPSA) is 49.3 Å². The summed E-state index contributed by atoms with van der Waals surface area (Å²) >= 11 is 1.41. The number of thioether (sulfide) groups is 1. The SMILES string of the molecule is CCCNC(CSc1ccc(F)cc1)C(=O)O. The number of aliphatic carboxylic acids is 1. The van der Waals surface area contributed by atoms with Crippen molar-refractivity contribution in [3.63, 3.8) is 0 Å². The summed E-state index contributed by atoms with van der Waals surface area (Å²) < 4.78 is 12.7. The third-order valence-electron chi connectivity index (χ3n) is 2.17. The van der Waals surface area contributed by atoms with Gasteiger partial charge in [0, 0.05) is 10.6 Å². The van der Waals surface area contributed by atoms with Gasteiger partial charge in [-0.3, -0.25) is 4.79 Å². The molecule has 0 aliphatic carbocycles. The summed E-state index contributed by atoms with van der Waals surface area (Å²) in [7, 11) is 0. The van der Waals surface area contributed by atoms with Gasteiger partial charge in [0.15, 0.2) is 0 Å². The lowest BCUT2D eigenvalue weighted by atomic mass is 10.3. The fourth-order valence-electron chi connectivity index (χ4n) is 1.25. The van der Waals surface area contributed by atoms with E-state index in [-0.39, 0.29) is 5.82 Å². The molecule has 1 unspecified atom stereocenters. The number of benzene rings is 1. The van der Waals surface area contributed by atoms with Crippen molar-refractivity contribution >= 4 is 17.7 Å². The van der Waals surface area contributed by atoms with Crippen molar-refractivity contribution in [3.8, 4) is 0 Å². The maximum Gasteiger partial charge on any atom is 0.321 e. The van der Waals surface area contributed by atoms with E-state index in [1.165, 1.54) is 23.9 Å². The summed E-state index contributed by atoms with van der Waals surface area (Å²) in [6.07, 6.45) is 0.894. The normalized spacial score (nSPS) is 12.4. The monoisotopic (exact) mass is 257 g/mol. The van der Waals surface area contributed by atoms with Crippen LogP contribution in [0.2, 0.25) is 0 Å². The van der Waals surface area contributed by atoms with E-state index in [4.69, 9.17) is 5.11 Å². The first kappa shape index (κ1) is 14.0. The van der Waals surface area contributed by atoms with Gasteiger partial charge in [0.25, 0.3) is 0 Å². The first-order chi connectivity index (χ1) is 8.13. The standard InChI is InChI=1S/C12H16FNO2S/c1-2-7-14-11(12(15)16)8-17-10-5-3-9(13)4-6-10/h3-6,11,14H,2,7-8H2,1H3,(H,15,16). The van der Waals surface area contributed by atoms with Crippen LogP contribution in [0.25, 0.3) is 0 Å². The van der Waals surface area contributed by atoms with Gasteiger partial charge < -0.3 is 10.4 Å². The third-order valence-corrected chi connectivity index (χ3v) is 3.27. The molecule has 0 heterocycles. The van der Waals surface area contributed by atoms with E-state index in [1.54, 1.807) is 12.1 Å². The minimum Gasteiger partial charge on any atom is -0.480 e. The molecule has 0 aliphatic heterocycles. The summed E-state index contributed by atoms with van der Waals surface area (Å²) in [5.41, 5.74) is 0. The lowest BCUT2D eigenvalue weighted by molar-refractivity contribution is -0.138. The maximum atomic E-state index is 12.7. The molecule has 1 aromatic rings. The summed E-state index contributed by atoms with van der Waals surface area (Å²) in [5.74, 6) is -0.706. The van der Waals surface area contributed by atoms with Gasteiger partial charge in [0.2, 0.25) is 0 Å². The Morgan fingerprint density at radius 1 is 1.47 bits per heavy atom. The van der Waals surface area contributed by atoms with Gasteiger partial charge in [-0.1, -0.05) is 6.92 Å². The molecule has 0 spiro atoms. The molecule has 5 heteroatoms. The predicted molar refractivity (Wildman–Crippen MR) is 66.8 cm³/mol. The van der Waals surface area contributed by atoms with Crippen molar-refractivity contribution in [1.82, 2.24) is 5.32 Å². The summed E-state index contributed by atoms with van der Waals surface area (Å²) in [6, 6.07) is 5.48. The van der Waals surface area contributed by atoms with Crippen LogP contribution in [0.15, 0.2) is 29.2 Å². The highest BCUT2D eigenvalue weighted by Crippen LogP contribution is 2.19. The average molecular weight is 257 g/mol. The van der Waals surface area contributed by atoms with E-state index in [0.717, 1.165) is 11.3 Å². The van der Waals surface area contributed by atoms with Crippen LogP contribution in [0.4, 0.5) is 4.39 Å². The molecule has 0 saturated carbocycles. The van der Waals surface area contributed by atoms with Crippen LogP contribution in [0.3, 0.4) is 0 Å². The molecule has 1 rings (SSSR count). The highest BCUT2D eigenvalue weighted by atomic mass is 32.2. The van der Waals surface area contributed by atoms with Gasteiger partial charge in [-0.15, -0.1) is 11.8 Å². The lowest BCUT2D eigenvalue weighted by Gasteiger charge is -2.13. The van der Waals surface area contributed by atoms with E-state index >= 15 is 0 Å². The van der Waals surface area contributed by atoms with Gasteiger partial charge in [0.1, 0.15) is 11.9 Å². The number of hydrogen-bond donors (Lipinski definition) is 2. The number of carbonyl (C=O) groups is 1. The van der Waals surface area contributed by atoms with Crippen molar-refractivity contribution in [2.75, 3.05) is 12.3 Å². The molecular formula is C12H16FNO2S. The van der Waals surface area contributed by atoms with Crippen LogP contribution in [0, 0.1) is 5.82 Å². The Morgan fingerprint density at radius 2 is 2.12 bits per heavy atom. The van der Waals surface area contributed by atoms with E-state index in [0.29, 0.717) is 12.3 Å². The van der Waals surface area contributed by atoms with E-state index in [2.05, 4.69) is 5.32 Å². The Labute approximate surface area is 104 Å². The van der Waals surface area contributed by atoms with Crippen LogP contribution in [0.5, 0.6) is 0 Å². The lowest BCUT2D eigenvalue weighted by Crippen LogP contribution is -2.39. The highest BCUT2D eigenvalue weighted by Gasteiger charge is 2.16. The van der Waals surface area contributed by atoms with Gasteiger partial charge in [0.05, 0.1) is 0 Å². The zero-order valence-corrected chi connectivity index (χ0v) is 10.5. The minimum atomic E-state index is -0.854. The Hall–Kier alpha value is -1.07. The van der Waals surface area contributed by atoms with Crippen LogP contribution < -0.4 is 5.32 Å². The zero-order chi connectivity index (χ0) is 12.7. The minimum absolute atomic E-state index is 0.284. The molecule has 0 amide bonds. The van der Waals surface area contributed by atoms with Crippen molar-refractivity contribution in [1.29, 1.82) is 0 Å². The van der Waals surface area contributed by atoms with Gasteiger partial charge >= 0.3 is 5.97 Å². The zero-order valence-electron chi connectivity index (χ0n) is 9.65. The first-order valence-corrected chi connectivity index (χ1v) is 6.46. The molecule has 1 aromatic carbocycles. The molecule has 0 aliphatic rings. The molecule has 0 radical (unpaired) electrons. The highest BCUT2D eigenvalue weighted by molar-refractivity contribution is 7.99. The van der Waals surface area contributed by atoms with E-state index in [1.807, 2.05) is 6.92 Å². The molecule has 0 saturated heterocycles. The smallest absolute Gasteiger partial charge is 0.321 e. The average Bonchev–Trinajstić information content (AvgIpc) is 2.31. The van der Waals surface area contributed by atoms with Crippen LogP contribution >= 0.6 is 11.8 Å². The van der Waals surface area contributed by atoms with Gasteiger partial charge in [-0.05, 0) is 37.2 Å². The second kappa shape index (κ2) is 7.29. The number of carboxylic acids is 1. The van der Waals surface area contributed by atoms with E-state index in [9.17, 15) is 9.18 Å². The molecule has 2 N–H and O–H groups in total. The molecule has 1 atom stereocenters. The second-order valence-electron chi connectivity index (χ2n) is 3.61. The molecule has 0 fully saturated rings. The number of rotatable bonds is 7. The molecule has 0 bridgehead atoms. The fraction of sp³-hybridized carbons (Fsp3) is 0.417. The summed E-state index contributed by atoms with van der Waals surface area (Å²) in [5, 5.41) is 11.9. The molecule has 3 nitrogen and oxygen atoms in total. The summed E-state index contributed by atoms with van der Waals surface area (Å²) in [4.78, 5) is 11.8. The Morgan fingerprint density at radius 3 is 2.65 bits per heavy atom. The quantitative estimate of drug-likeness (QED) is 0.736. The van der Waals surface area contributed by atoms with Crippen molar-refractivity contribution in [2.24, 2.45) is 0 Å².